The van der Waals surface area contributed by atoms with Crippen LogP contribution in [0.4, 0.5) is 21.9 Å². The second-order valence-electron chi connectivity index (χ2n) is 5.31. The van der Waals surface area contributed by atoms with E-state index in [9.17, 15) is 4.79 Å². The number of hydrogen-bond acceptors (Lipinski definition) is 2. The minimum absolute atomic E-state index is 0.210. The van der Waals surface area contributed by atoms with Crippen LogP contribution in [-0.4, -0.2) is 12.6 Å². The van der Waals surface area contributed by atoms with Crippen molar-refractivity contribution >= 4 is 23.1 Å². The highest BCUT2D eigenvalue weighted by Crippen LogP contribution is 2.28. The van der Waals surface area contributed by atoms with Crippen molar-refractivity contribution in [2.24, 2.45) is 0 Å². The molecule has 0 saturated heterocycles. The molecular formula is C17H19N3O. The molecule has 0 unspecified atom stereocenters. The molecule has 1 aliphatic rings. The first-order chi connectivity index (χ1) is 10.2. The van der Waals surface area contributed by atoms with Gasteiger partial charge in [0.25, 0.3) is 0 Å². The molecule has 0 atom stereocenters. The summed E-state index contributed by atoms with van der Waals surface area (Å²) in [7, 11) is 0. The Labute approximate surface area is 124 Å². The van der Waals surface area contributed by atoms with Crippen LogP contribution in [0.5, 0.6) is 0 Å². The van der Waals surface area contributed by atoms with Crippen molar-refractivity contribution in [3.8, 4) is 0 Å². The summed E-state index contributed by atoms with van der Waals surface area (Å²) in [6.45, 7) is 3.01. The van der Waals surface area contributed by atoms with Gasteiger partial charge in [-0.15, -0.1) is 0 Å². The Bertz CT molecular complexity index is 650. The van der Waals surface area contributed by atoms with Crippen molar-refractivity contribution < 1.29 is 4.79 Å². The third-order valence-corrected chi connectivity index (χ3v) is 3.65. The lowest BCUT2D eigenvalue weighted by Gasteiger charge is -2.21. The predicted octanol–water partition coefficient (Wildman–Crippen LogP) is 4.00. The Morgan fingerprint density at radius 3 is 2.71 bits per heavy atom. The Balaban J connectivity index is 1.71. The summed E-state index contributed by atoms with van der Waals surface area (Å²) in [5.74, 6) is 0. The van der Waals surface area contributed by atoms with E-state index < -0.39 is 0 Å². The molecule has 0 bridgehead atoms. The van der Waals surface area contributed by atoms with Gasteiger partial charge in [-0.1, -0.05) is 23.8 Å². The lowest BCUT2D eigenvalue weighted by molar-refractivity contribution is 0.262. The number of urea groups is 1. The number of hydrogen-bond donors (Lipinski definition) is 3. The van der Waals surface area contributed by atoms with Gasteiger partial charge in [0.15, 0.2) is 0 Å². The van der Waals surface area contributed by atoms with Gasteiger partial charge in [-0.25, -0.2) is 4.79 Å². The number of carbonyl (C=O) groups excluding carboxylic acids is 1. The van der Waals surface area contributed by atoms with E-state index in [1.807, 2.05) is 43.3 Å². The number of aryl methyl sites for hydroxylation is 1. The fourth-order valence-corrected chi connectivity index (χ4v) is 2.55. The molecular weight excluding hydrogens is 262 g/mol. The Kier molecular flexibility index (Phi) is 3.77. The Morgan fingerprint density at radius 2 is 1.90 bits per heavy atom. The average Bonchev–Trinajstić information content (AvgIpc) is 2.50. The van der Waals surface area contributed by atoms with Gasteiger partial charge in [-0.3, -0.25) is 0 Å². The van der Waals surface area contributed by atoms with Crippen molar-refractivity contribution in [1.82, 2.24) is 0 Å². The molecule has 0 radical (unpaired) electrons. The third-order valence-electron chi connectivity index (χ3n) is 3.65. The van der Waals surface area contributed by atoms with Gasteiger partial charge in [0, 0.05) is 23.6 Å². The summed E-state index contributed by atoms with van der Waals surface area (Å²) in [6, 6.07) is 13.5. The highest BCUT2D eigenvalue weighted by atomic mass is 16.2. The first kappa shape index (κ1) is 13.5. The highest BCUT2D eigenvalue weighted by molar-refractivity contribution is 6.00. The van der Waals surface area contributed by atoms with Crippen LogP contribution in [0.25, 0.3) is 0 Å². The highest BCUT2D eigenvalue weighted by Gasteiger charge is 2.13. The smallest absolute Gasteiger partial charge is 0.323 e. The van der Waals surface area contributed by atoms with Crippen molar-refractivity contribution in [3.63, 3.8) is 0 Å². The van der Waals surface area contributed by atoms with Gasteiger partial charge < -0.3 is 16.0 Å². The van der Waals surface area contributed by atoms with Crippen molar-refractivity contribution in [2.45, 2.75) is 19.8 Å². The molecule has 108 valence electrons. The summed E-state index contributed by atoms with van der Waals surface area (Å²) < 4.78 is 0. The molecule has 2 amide bonds. The number of benzene rings is 2. The summed E-state index contributed by atoms with van der Waals surface area (Å²) >= 11 is 0. The molecule has 0 spiro atoms. The van der Waals surface area contributed by atoms with Crippen molar-refractivity contribution in [2.75, 3.05) is 22.5 Å². The molecule has 4 nitrogen and oxygen atoms in total. The van der Waals surface area contributed by atoms with Gasteiger partial charge in [0.2, 0.25) is 0 Å². The summed E-state index contributed by atoms with van der Waals surface area (Å²) in [5, 5.41) is 9.16. The van der Waals surface area contributed by atoms with Crippen LogP contribution in [0.15, 0.2) is 42.5 Å². The quantitative estimate of drug-likeness (QED) is 0.779. The first-order valence-corrected chi connectivity index (χ1v) is 7.23. The molecule has 4 heteroatoms. The van der Waals surface area contributed by atoms with Gasteiger partial charge in [-0.05, 0) is 49.6 Å². The van der Waals surface area contributed by atoms with E-state index in [4.69, 9.17) is 0 Å². The third kappa shape index (κ3) is 3.16. The van der Waals surface area contributed by atoms with E-state index in [0.717, 1.165) is 36.4 Å². The minimum atomic E-state index is -0.210. The van der Waals surface area contributed by atoms with Crippen LogP contribution in [0, 0.1) is 6.92 Å². The molecule has 0 aromatic heterocycles. The molecule has 2 aromatic rings. The van der Waals surface area contributed by atoms with E-state index in [1.54, 1.807) is 0 Å². The van der Waals surface area contributed by atoms with Crippen LogP contribution in [0.3, 0.4) is 0 Å². The SMILES string of the molecule is Cc1ccc(NC(=O)Nc2cccc3c2CCCN3)cc1. The molecule has 3 rings (SSSR count). The summed E-state index contributed by atoms with van der Waals surface area (Å²) in [5.41, 5.74) is 5.15. The number of fused-ring (bicyclic) bond motifs is 1. The van der Waals surface area contributed by atoms with Crippen LogP contribution in [0.2, 0.25) is 0 Å². The zero-order valence-electron chi connectivity index (χ0n) is 12.1. The van der Waals surface area contributed by atoms with Crippen LogP contribution in [0.1, 0.15) is 17.5 Å². The van der Waals surface area contributed by atoms with Crippen molar-refractivity contribution in [3.05, 3.63) is 53.6 Å². The molecule has 1 heterocycles. The fourth-order valence-electron chi connectivity index (χ4n) is 2.55. The lowest BCUT2D eigenvalue weighted by atomic mass is 10.0. The van der Waals surface area contributed by atoms with Crippen LogP contribution < -0.4 is 16.0 Å². The standard InChI is InChI=1S/C17H19N3O/c1-12-7-9-13(10-8-12)19-17(21)20-16-6-2-5-15-14(16)4-3-11-18-15/h2,5-10,18H,3-4,11H2,1H3,(H2,19,20,21). The number of anilines is 3. The maximum absolute atomic E-state index is 12.1. The molecule has 0 saturated carbocycles. The zero-order valence-corrected chi connectivity index (χ0v) is 12.1. The topological polar surface area (TPSA) is 53.2 Å². The van der Waals surface area contributed by atoms with Gasteiger partial charge in [0.1, 0.15) is 0 Å². The Hall–Kier alpha value is -2.49. The van der Waals surface area contributed by atoms with E-state index in [1.165, 1.54) is 11.1 Å². The molecule has 0 fully saturated rings. The van der Waals surface area contributed by atoms with Crippen LogP contribution in [-0.2, 0) is 6.42 Å². The molecule has 0 aliphatic carbocycles. The Morgan fingerprint density at radius 1 is 1.10 bits per heavy atom. The summed E-state index contributed by atoms with van der Waals surface area (Å²) in [4.78, 5) is 12.1. The second-order valence-corrected chi connectivity index (χ2v) is 5.31. The molecule has 2 aromatic carbocycles. The monoisotopic (exact) mass is 281 g/mol. The molecule has 21 heavy (non-hydrogen) atoms. The largest absolute Gasteiger partial charge is 0.385 e. The first-order valence-electron chi connectivity index (χ1n) is 7.23. The normalized spacial score (nSPS) is 13.0. The number of rotatable bonds is 2. The van der Waals surface area contributed by atoms with E-state index in [2.05, 4.69) is 22.0 Å². The minimum Gasteiger partial charge on any atom is -0.385 e. The maximum Gasteiger partial charge on any atom is 0.323 e. The molecule has 1 aliphatic heterocycles. The lowest BCUT2D eigenvalue weighted by Crippen LogP contribution is -2.21. The maximum atomic E-state index is 12.1. The summed E-state index contributed by atoms with van der Waals surface area (Å²) in [6.07, 6.45) is 2.08. The average molecular weight is 281 g/mol. The van der Waals surface area contributed by atoms with Gasteiger partial charge in [0.05, 0.1) is 0 Å². The second kappa shape index (κ2) is 5.87. The number of nitrogens with one attached hydrogen (secondary N) is 3. The van der Waals surface area contributed by atoms with Gasteiger partial charge in [-0.2, -0.15) is 0 Å². The van der Waals surface area contributed by atoms with Crippen molar-refractivity contribution in [1.29, 1.82) is 0 Å². The zero-order chi connectivity index (χ0) is 14.7. The van der Waals surface area contributed by atoms with E-state index in [0.29, 0.717) is 0 Å². The van der Waals surface area contributed by atoms with Crippen LogP contribution >= 0.6 is 0 Å². The number of carbonyl (C=O) groups is 1. The van der Waals surface area contributed by atoms with Gasteiger partial charge >= 0.3 is 6.03 Å². The molecule has 3 N–H and O–H groups in total. The predicted molar refractivity (Wildman–Crippen MR) is 87.1 cm³/mol. The number of amides is 2. The fraction of sp³-hybridized carbons (Fsp3) is 0.235. The van der Waals surface area contributed by atoms with E-state index >= 15 is 0 Å². The van der Waals surface area contributed by atoms with E-state index in [-0.39, 0.29) is 6.03 Å².